The summed E-state index contributed by atoms with van der Waals surface area (Å²) in [4.78, 5) is 4.94. The minimum atomic E-state index is 0.0646. The molecule has 0 bridgehead atoms. The Labute approximate surface area is 359 Å². The molecule has 0 N–H and O–H groups in total. The molecule has 0 radical (unpaired) electrons. The van der Waals surface area contributed by atoms with Gasteiger partial charge in [0.25, 0.3) is 0 Å². The van der Waals surface area contributed by atoms with E-state index in [9.17, 15) is 0 Å². The van der Waals surface area contributed by atoms with E-state index >= 15 is 0 Å². The number of allylic oxidation sites excluding steroid dienone is 2. The van der Waals surface area contributed by atoms with Gasteiger partial charge in [0.1, 0.15) is 11.2 Å². The second-order valence-corrected chi connectivity index (χ2v) is 16.4. The number of anilines is 5. The van der Waals surface area contributed by atoms with Crippen LogP contribution in [0, 0.1) is 0 Å². The van der Waals surface area contributed by atoms with Gasteiger partial charge in [0.05, 0.1) is 28.5 Å². The number of hydrogen-bond acceptors (Lipinski definition) is 3. The third-order valence-corrected chi connectivity index (χ3v) is 13.0. The number of para-hydroxylation sites is 5. The summed E-state index contributed by atoms with van der Waals surface area (Å²) in [5, 5.41) is 7.27. The minimum absolute atomic E-state index is 0.0646. The summed E-state index contributed by atoms with van der Waals surface area (Å²) in [6, 6.07) is 72.5. The van der Waals surface area contributed by atoms with Crippen molar-refractivity contribution in [1.82, 2.24) is 4.57 Å². The van der Waals surface area contributed by atoms with Gasteiger partial charge in [0, 0.05) is 55.2 Å². The number of furan rings is 1. The van der Waals surface area contributed by atoms with Crippen LogP contribution in [0.1, 0.15) is 12.0 Å². The molecule has 4 heteroatoms. The van der Waals surface area contributed by atoms with E-state index in [1.807, 2.05) is 6.07 Å². The monoisotopic (exact) mass is 793 g/mol. The van der Waals surface area contributed by atoms with Crippen LogP contribution >= 0.6 is 0 Å². The predicted molar refractivity (Wildman–Crippen MR) is 260 cm³/mol. The highest BCUT2D eigenvalue weighted by Crippen LogP contribution is 2.52. The third kappa shape index (κ3) is 5.26. The van der Waals surface area contributed by atoms with Crippen LogP contribution in [0.5, 0.6) is 0 Å². The van der Waals surface area contributed by atoms with Gasteiger partial charge in [-0.15, -0.1) is 0 Å². The SMILES string of the molecule is C1=CC(N(c2ccc3oc4ccccc4c3c2)c2ccc3c(c2)c2ccccc2n3-c2ccccc2)CC=C1c1ccc2c3c(cccc13)N(c1ccccc1)c1ccccc1-2. The Morgan fingerprint density at radius 1 is 0.452 bits per heavy atom. The molecule has 0 saturated carbocycles. The summed E-state index contributed by atoms with van der Waals surface area (Å²) in [7, 11) is 0. The first-order valence-electron chi connectivity index (χ1n) is 21.5. The van der Waals surface area contributed by atoms with Gasteiger partial charge in [-0.3, -0.25) is 0 Å². The molecule has 1 aliphatic carbocycles. The average Bonchev–Trinajstić information content (AvgIpc) is 3.88. The molecule has 11 aromatic rings. The highest BCUT2D eigenvalue weighted by molar-refractivity contribution is 6.17. The zero-order valence-corrected chi connectivity index (χ0v) is 33.8. The number of nitrogens with zero attached hydrogens (tertiary/aromatic N) is 3. The molecule has 2 aromatic heterocycles. The summed E-state index contributed by atoms with van der Waals surface area (Å²) in [5.41, 5.74) is 16.2. The van der Waals surface area contributed by atoms with Crippen LogP contribution in [0.3, 0.4) is 0 Å². The van der Waals surface area contributed by atoms with Crippen molar-refractivity contribution in [3.8, 4) is 16.8 Å². The molecular formula is C58H39N3O. The predicted octanol–water partition coefficient (Wildman–Crippen LogP) is 15.8. The van der Waals surface area contributed by atoms with Crippen molar-refractivity contribution in [3.63, 3.8) is 0 Å². The second-order valence-electron chi connectivity index (χ2n) is 16.4. The van der Waals surface area contributed by atoms with Gasteiger partial charge in [-0.1, -0.05) is 133 Å². The summed E-state index contributed by atoms with van der Waals surface area (Å²) in [6.45, 7) is 0. The minimum Gasteiger partial charge on any atom is -0.456 e. The molecule has 0 saturated heterocycles. The Balaban J connectivity index is 0.945. The summed E-state index contributed by atoms with van der Waals surface area (Å²) < 4.78 is 8.70. The van der Waals surface area contributed by atoms with Gasteiger partial charge in [0.2, 0.25) is 0 Å². The Kier molecular flexibility index (Phi) is 7.70. The van der Waals surface area contributed by atoms with Crippen LogP contribution in [0.4, 0.5) is 28.4 Å². The molecule has 0 spiro atoms. The van der Waals surface area contributed by atoms with E-state index in [0.29, 0.717) is 0 Å². The number of benzene rings is 9. The topological polar surface area (TPSA) is 24.6 Å². The summed E-state index contributed by atoms with van der Waals surface area (Å²) in [6.07, 6.45) is 8.04. The highest BCUT2D eigenvalue weighted by Gasteiger charge is 2.28. The van der Waals surface area contributed by atoms with Crippen molar-refractivity contribution in [3.05, 3.63) is 224 Å². The zero-order chi connectivity index (χ0) is 40.7. The van der Waals surface area contributed by atoms with Crippen molar-refractivity contribution in [2.75, 3.05) is 9.80 Å². The fraction of sp³-hybridized carbons (Fsp3) is 0.0345. The molecule has 0 fully saturated rings. The zero-order valence-electron chi connectivity index (χ0n) is 33.8. The molecule has 62 heavy (non-hydrogen) atoms. The lowest BCUT2D eigenvalue weighted by Crippen LogP contribution is -2.30. The van der Waals surface area contributed by atoms with Crippen molar-refractivity contribution in [2.45, 2.75) is 12.5 Å². The quantitative estimate of drug-likeness (QED) is 0.168. The van der Waals surface area contributed by atoms with E-state index in [4.69, 9.17) is 4.42 Å². The lowest BCUT2D eigenvalue weighted by atomic mass is 9.86. The van der Waals surface area contributed by atoms with Crippen molar-refractivity contribution in [2.24, 2.45) is 0 Å². The molecule has 3 heterocycles. The molecule has 292 valence electrons. The maximum atomic E-state index is 6.32. The first-order valence-corrected chi connectivity index (χ1v) is 21.5. The number of fused-ring (bicyclic) bond motifs is 8. The molecule has 2 aliphatic rings. The lowest BCUT2D eigenvalue weighted by molar-refractivity contribution is 0.669. The van der Waals surface area contributed by atoms with Crippen LogP contribution < -0.4 is 9.80 Å². The molecule has 0 amide bonds. The average molecular weight is 794 g/mol. The van der Waals surface area contributed by atoms with E-state index in [0.717, 1.165) is 51.1 Å². The molecule has 4 nitrogen and oxygen atoms in total. The van der Waals surface area contributed by atoms with Crippen molar-refractivity contribution in [1.29, 1.82) is 0 Å². The van der Waals surface area contributed by atoms with Gasteiger partial charge in [-0.05, 0) is 113 Å². The van der Waals surface area contributed by atoms with E-state index in [1.165, 1.54) is 66.2 Å². The van der Waals surface area contributed by atoms with Crippen molar-refractivity contribution < 1.29 is 4.42 Å². The molecule has 9 aromatic carbocycles. The van der Waals surface area contributed by atoms with Crippen LogP contribution in [-0.4, -0.2) is 10.6 Å². The molecule has 1 aliphatic heterocycles. The van der Waals surface area contributed by atoms with Gasteiger partial charge in [0.15, 0.2) is 0 Å². The second kappa shape index (κ2) is 13.7. The Bertz CT molecular complexity index is 3630. The highest BCUT2D eigenvalue weighted by atomic mass is 16.3. The van der Waals surface area contributed by atoms with Crippen LogP contribution in [0.15, 0.2) is 223 Å². The normalized spacial score (nSPS) is 14.5. The Morgan fingerprint density at radius 3 is 1.94 bits per heavy atom. The van der Waals surface area contributed by atoms with E-state index < -0.39 is 0 Å². The fourth-order valence-corrected chi connectivity index (χ4v) is 10.3. The fourth-order valence-electron chi connectivity index (χ4n) is 10.3. The maximum absolute atomic E-state index is 6.32. The van der Waals surface area contributed by atoms with Gasteiger partial charge in [-0.2, -0.15) is 0 Å². The largest absolute Gasteiger partial charge is 0.456 e. The van der Waals surface area contributed by atoms with Gasteiger partial charge in [-0.25, -0.2) is 0 Å². The van der Waals surface area contributed by atoms with Gasteiger partial charge >= 0.3 is 0 Å². The van der Waals surface area contributed by atoms with E-state index in [1.54, 1.807) is 0 Å². The van der Waals surface area contributed by atoms with Crippen LogP contribution in [0.25, 0.3) is 76.9 Å². The Hall–Kier alpha value is -8.08. The summed E-state index contributed by atoms with van der Waals surface area (Å²) in [5.74, 6) is 0. The molecule has 1 unspecified atom stereocenters. The van der Waals surface area contributed by atoms with Crippen molar-refractivity contribution >= 4 is 88.5 Å². The molecule has 13 rings (SSSR count). The number of aromatic nitrogens is 1. The number of rotatable bonds is 6. The number of hydrogen-bond donors (Lipinski definition) is 0. The van der Waals surface area contributed by atoms with E-state index in [2.05, 4.69) is 227 Å². The standard InChI is InChI=1S/C58H39N3O/c1-3-14-39(15-4-1)60-53-23-11-8-19-46(53)50-36-42(30-34-54(50)60)59(43-31-35-57-51(37-43)47-20-9-12-25-56(47)62-57)41-28-26-38(27-29-41)44-32-33-49-45-18-7-10-22-52(45)61(40-16-5-2-6-17-40)55-24-13-21-48(44)58(49)55/h1-28,30-37,41H,29H2. The molecule has 1 atom stereocenters. The van der Waals surface area contributed by atoms with E-state index in [-0.39, 0.29) is 6.04 Å². The lowest BCUT2D eigenvalue weighted by Gasteiger charge is -2.34. The first kappa shape index (κ1) is 34.8. The molecular weight excluding hydrogens is 755 g/mol. The summed E-state index contributed by atoms with van der Waals surface area (Å²) >= 11 is 0. The first-order chi connectivity index (χ1) is 30.8. The van der Waals surface area contributed by atoms with Gasteiger partial charge < -0.3 is 18.8 Å². The third-order valence-electron chi connectivity index (χ3n) is 13.0. The van der Waals surface area contributed by atoms with Crippen LogP contribution in [-0.2, 0) is 0 Å². The Morgan fingerprint density at radius 2 is 1.10 bits per heavy atom. The van der Waals surface area contributed by atoms with Crippen LogP contribution in [0.2, 0.25) is 0 Å². The smallest absolute Gasteiger partial charge is 0.135 e. The maximum Gasteiger partial charge on any atom is 0.135 e.